The molecule has 0 saturated carbocycles. The van der Waals surface area contributed by atoms with E-state index >= 15 is 0 Å². The molecule has 0 unspecified atom stereocenters. The summed E-state index contributed by atoms with van der Waals surface area (Å²) >= 11 is 3.48. The first-order chi connectivity index (χ1) is 7.34. The van der Waals surface area contributed by atoms with Crippen LogP contribution in [0.4, 0.5) is 5.69 Å². The standard InChI is InChI=1S/C13H12BrN/c14-12-6-4-5-11(9-12)10-15-13-7-2-1-3-8-13/h1-3,6-10H,4-5H2. The number of halogens is 1. The summed E-state index contributed by atoms with van der Waals surface area (Å²) in [6.45, 7) is 0. The van der Waals surface area contributed by atoms with Crippen LogP contribution in [-0.2, 0) is 0 Å². The monoisotopic (exact) mass is 261 g/mol. The van der Waals surface area contributed by atoms with Crippen molar-refractivity contribution in [3.8, 4) is 0 Å². The number of nitrogens with zero attached hydrogens (tertiary/aromatic N) is 1. The fraction of sp³-hybridized carbons (Fsp3) is 0.154. The van der Waals surface area contributed by atoms with Crippen LogP contribution in [-0.4, -0.2) is 6.21 Å². The quantitative estimate of drug-likeness (QED) is 0.701. The van der Waals surface area contributed by atoms with E-state index in [2.05, 4.69) is 33.1 Å². The lowest BCUT2D eigenvalue weighted by Gasteiger charge is -2.05. The number of para-hydroxylation sites is 1. The first-order valence-electron chi connectivity index (χ1n) is 5.00. The van der Waals surface area contributed by atoms with E-state index in [0.717, 1.165) is 23.0 Å². The normalized spacial score (nSPS) is 16.3. The molecule has 2 rings (SSSR count). The highest BCUT2D eigenvalue weighted by atomic mass is 79.9. The van der Waals surface area contributed by atoms with Crippen LogP contribution < -0.4 is 0 Å². The number of allylic oxidation sites excluding steroid dienone is 4. The van der Waals surface area contributed by atoms with Crippen molar-refractivity contribution >= 4 is 27.8 Å². The molecular weight excluding hydrogens is 250 g/mol. The minimum absolute atomic E-state index is 1.00. The van der Waals surface area contributed by atoms with Crippen molar-refractivity contribution in [1.82, 2.24) is 0 Å². The Balaban J connectivity index is 2.09. The van der Waals surface area contributed by atoms with E-state index in [4.69, 9.17) is 0 Å². The Morgan fingerprint density at radius 1 is 1.20 bits per heavy atom. The van der Waals surface area contributed by atoms with Crippen LogP contribution in [0, 0.1) is 0 Å². The molecule has 0 spiro atoms. The van der Waals surface area contributed by atoms with E-state index in [-0.39, 0.29) is 0 Å². The zero-order valence-corrected chi connectivity index (χ0v) is 9.94. The lowest BCUT2D eigenvalue weighted by atomic mass is 10.1. The molecule has 2 heteroatoms. The smallest absolute Gasteiger partial charge is 0.0629 e. The molecule has 0 radical (unpaired) electrons. The largest absolute Gasteiger partial charge is 0.257 e. The Bertz CT molecular complexity index is 415. The Morgan fingerprint density at radius 2 is 2.00 bits per heavy atom. The van der Waals surface area contributed by atoms with Gasteiger partial charge in [0.05, 0.1) is 5.69 Å². The average molecular weight is 262 g/mol. The number of rotatable bonds is 2. The Kier molecular flexibility index (Phi) is 3.51. The van der Waals surface area contributed by atoms with Crippen molar-refractivity contribution in [2.75, 3.05) is 0 Å². The summed E-state index contributed by atoms with van der Waals surface area (Å²) in [6.07, 6.45) is 8.41. The second-order valence-electron chi connectivity index (χ2n) is 3.44. The number of aliphatic imine (C=N–C) groups is 1. The average Bonchev–Trinajstić information content (AvgIpc) is 2.28. The maximum atomic E-state index is 4.42. The van der Waals surface area contributed by atoms with Crippen molar-refractivity contribution in [3.63, 3.8) is 0 Å². The molecule has 0 atom stereocenters. The van der Waals surface area contributed by atoms with E-state index < -0.39 is 0 Å². The highest BCUT2D eigenvalue weighted by Crippen LogP contribution is 2.20. The van der Waals surface area contributed by atoms with Gasteiger partial charge in [-0.1, -0.05) is 40.2 Å². The van der Waals surface area contributed by atoms with Gasteiger partial charge >= 0.3 is 0 Å². The molecule has 1 aromatic carbocycles. The first-order valence-corrected chi connectivity index (χ1v) is 5.79. The van der Waals surface area contributed by atoms with E-state index in [0.29, 0.717) is 0 Å². The first kappa shape index (κ1) is 10.4. The van der Waals surface area contributed by atoms with E-state index in [1.807, 2.05) is 36.5 Å². The van der Waals surface area contributed by atoms with Crippen LogP contribution in [0.1, 0.15) is 12.8 Å². The number of benzene rings is 1. The van der Waals surface area contributed by atoms with Gasteiger partial charge in [-0.15, -0.1) is 0 Å². The Labute approximate surface area is 98.4 Å². The van der Waals surface area contributed by atoms with Crippen molar-refractivity contribution < 1.29 is 0 Å². The van der Waals surface area contributed by atoms with Gasteiger partial charge in [0.1, 0.15) is 0 Å². The lowest BCUT2D eigenvalue weighted by Crippen LogP contribution is -1.89. The third-order valence-corrected chi connectivity index (χ3v) is 2.78. The van der Waals surface area contributed by atoms with E-state index in [9.17, 15) is 0 Å². The third kappa shape index (κ3) is 3.17. The zero-order chi connectivity index (χ0) is 10.5. The van der Waals surface area contributed by atoms with Crippen molar-refractivity contribution in [2.24, 2.45) is 4.99 Å². The van der Waals surface area contributed by atoms with Crippen LogP contribution in [0.5, 0.6) is 0 Å². The predicted octanol–water partition coefficient (Wildman–Crippen LogP) is 4.39. The summed E-state index contributed by atoms with van der Waals surface area (Å²) < 4.78 is 1.16. The van der Waals surface area contributed by atoms with Gasteiger partial charge in [-0.25, -0.2) is 0 Å². The summed E-state index contributed by atoms with van der Waals surface area (Å²) in [4.78, 5) is 4.42. The lowest BCUT2D eigenvalue weighted by molar-refractivity contribution is 1.01. The highest BCUT2D eigenvalue weighted by Gasteiger charge is 2.00. The molecule has 0 fully saturated rings. The predicted molar refractivity (Wildman–Crippen MR) is 68.9 cm³/mol. The molecule has 0 saturated heterocycles. The van der Waals surface area contributed by atoms with Gasteiger partial charge < -0.3 is 0 Å². The molecule has 1 nitrogen and oxygen atoms in total. The van der Waals surface area contributed by atoms with Crippen molar-refractivity contribution in [2.45, 2.75) is 12.8 Å². The molecule has 0 amide bonds. The van der Waals surface area contributed by atoms with Crippen LogP contribution >= 0.6 is 15.9 Å². The van der Waals surface area contributed by atoms with Crippen LogP contribution in [0.2, 0.25) is 0 Å². The second-order valence-corrected chi connectivity index (χ2v) is 4.36. The Morgan fingerprint density at radius 3 is 2.73 bits per heavy atom. The molecule has 15 heavy (non-hydrogen) atoms. The van der Waals surface area contributed by atoms with Gasteiger partial charge in [-0.2, -0.15) is 0 Å². The molecule has 1 aliphatic carbocycles. The topological polar surface area (TPSA) is 12.4 Å². The minimum Gasteiger partial charge on any atom is -0.257 e. The maximum absolute atomic E-state index is 4.42. The summed E-state index contributed by atoms with van der Waals surface area (Å²) in [7, 11) is 0. The molecule has 0 aliphatic heterocycles. The molecule has 76 valence electrons. The van der Waals surface area contributed by atoms with Crippen molar-refractivity contribution in [3.05, 3.63) is 52.5 Å². The van der Waals surface area contributed by atoms with E-state index in [1.165, 1.54) is 5.57 Å². The van der Waals surface area contributed by atoms with Crippen LogP contribution in [0.3, 0.4) is 0 Å². The number of hydrogen-bond donors (Lipinski definition) is 0. The fourth-order valence-corrected chi connectivity index (χ4v) is 1.98. The Hall–Kier alpha value is -1.15. The molecule has 0 N–H and O–H groups in total. The molecular formula is C13H12BrN. The van der Waals surface area contributed by atoms with Crippen LogP contribution in [0.15, 0.2) is 57.5 Å². The summed E-state index contributed by atoms with van der Waals surface area (Å²) in [6, 6.07) is 10.0. The van der Waals surface area contributed by atoms with E-state index in [1.54, 1.807) is 0 Å². The van der Waals surface area contributed by atoms with Gasteiger partial charge in [0.15, 0.2) is 0 Å². The summed E-state index contributed by atoms with van der Waals surface area (Å²) in [5.41, 5.74) is 2.28. The molecule has 0 aromatic heterocycles. The van der Waals surface area contributed by atoms with Crippen molar-refractivity contribution in [1.29, 1.82) is 0 Å². The molecule has 0 bridgehead atoms. The molecule has 1 aliphatic rings. The fourth-order valence-electron chi connectivity index (χ4n) is 1.46. The van der Waals surface area contributed by atoms with Gasteiger partial charge in [0, 0.05) is 10.7 Å². The van der Waals surface area contributed by atoms with Crippen LogP contribution in [0.25, 0.3) is 0 Å². The maximum Gasteiger partial charge on any atom is 0.0629 e. The third-order valence-electron chi connectivity index (χ3n) is 2.23. The summed E-state index contributed by atoms with van der Waals surface area (Å²) in [5.74, 6) is 0. The minimum atomic E-state index is 1.00. The van der Waals surface area contributed by atoms with Gasteiger partial charge in [-0.3, -0.25) is 4.99 Å². The number of hydrogen-bond acceptors (Lipinski definition) is 1. The SMILES string of the molecule is BrC1=CCCC(C=Nc2ccccc2)=C1. The molecule has 0 heterocycles. The molecule has 1 aromatic rings. The van der Waals surface area contributed by atoms with Gasteiger partial charge in [0.25, 0.3) is 0 Å². The van der Waals surface area contributed by atoms with Gasteiger partial charge in [0.2, 0.25) is 0 Å². The van der Waals surface area contributed by atoms with Gasteiger partial charge in [-0.05, 0) is 36.6 Å². The second kappa shape index (κ2) is 5.08. The summed E-state index contributed by atoms with van der Waals surface area (Å²) in [5, 5.41) is 0. The highest BCUT2D eigenvalue weighted by molar-refractivity contribution is 9.11. The zero-order valence-electron chi connectivity index (χ0n) is 8.36.